The van der Waals surface area contributed by atoms with Crippen LogP contribution in [0.15, 0.2) is 91.0 Å². The Balaban J connectivity index is 1.61. The molecule has 0 aliphatic carbocycles. The van der Waals surface area contributed by atoms with Gasteiger partial charge in [-0.25, -0.2) is 8.42 Å². The third kappa shape index (κ3) is 4.98. The lowest BCUT2D eigenvalue weighted by molar-refractivity contribution is 0.265. The standard InChI is InChI=1S/C25H28N2O2S/c28-30(29,27-17-16-26-19-24(27)18-21-10-4-1-5-11-21)20-25(22-12-6-2-7-13-22)23-14-8-3-9-15-23/h1-15,24-26H,16-20H2. The van der Waals surface area contributed by atoms with E-state index in [0.29, 0.717) is 26.1 Å². The topological polar surface area (TPSA) is 49.4 Å². The lowest BCUT2D eigenvalue weighted by atomic mass is 9.93. The van der Waals surface area contributed by atoms with Gasteiger partial charge in [0.15, 0.2) is 0 Å². The number of hydrogen-bond acceptors (Lipinski definition) is 3. The number of sulfonamides is 1. The quantitative estimate of drug-likeness (QED) is 0.635. The van der Waals surface area contributed by atoms with Gasteiger partial charge in [-0.2, -0.15) is 4.31 Å². The van der Waals surface area contributed by atoms with Crippen LogP contribution in [-0.4, -0.2) is 44.2 Å². The van der Waals surface area contributed by atoms with Crippen molar-refractivity contribution in [3.8, 4) is 0 Å². The minimum absolute atomic E-state index is 0.0710. The maximum absolute atomic E-state index is 13.6. The average Bonchev–Trinajstić information content (AvgIpc) is 2.80. The number of hydrogen-bond donors (Lipinski definition) is 1. The minimum atomic E-state index is -3.45. The average molecular weight is 421 g/mol. The molecule has 3 aromatic carbocycles. The second-order valence-corrected chi connectivity index (χ2v) is 9.78. The van der Waals surface area contributed by atoms with Crippen molar-refractivity contribution >= 4 is 10.0 Å². The van der Waals surface area contributed by atoms with Crippen LogP contribution in [-0.2, 0) is 16.4 Å². The van der Waals surface area contributed by atoms with E-state index in [4.69, 9.17) is 0 Å². The van der Waals surface area contributed by atoms with Crippen molar-refractivity contribution in [3.63, 3.8) is 0 Å². The Morgan fingerprint density at radius 2 is 1.37 bits per heavy atom. The predicted molar refractivity (Wildman–Crippen MR) is 122 cm³/mol. The molecule has 1 heterocycles. The van der Waals surface area contributed by atoms with Crippen molar-refractivity contribution in [2.24, 2.45) is 0 Å². The third-order valence-corrected chi connectivity index (χ3v) is 7.70. The van der Waals surface area contributed by atoms with Crippen LogP contribution in [0.25, 0.3) is 0 Å². The van der Waals surface area contributed by atoms with Gasteiger partial charge in [-0.1, -0.05) is 91.0 Å². The van der Waals surface area contributed by atoms with Gasteiger partial charge in [0.25, 0.3) is 0 Å². The molecule has 156 valence electrons. The monoisotopic (exact) mass is 420 g/mol. The predicted octanol–water partition coefficient (Wildman–Crippen LogP) is 3.66. The minimum Gasteiger partial charge on any atom is -0.314 e. The fourth-order valence-corrected chi connectivity index (χ4v) is 6.20. The van der Waals surface area contributed by atoms with E-state index in [1.165, 1.54) is 0 Å². The summed E-state index contributed by atoms with van der Waals surface area (Å²) in [5.41, 5.74) is 3.22. The SMILES string of the molecule is O=S(=O)(CC(c1ccccc1)c1ccccc1)N1CCNCC1Cc1ccccc1. The van der Waals surface area contributed by atoms with Crippen molar-refractivity contribution < 1.29 is 8.42 Å². The number of benzene rings is 3. The molecule has 4 nitrogen and oxygen atoms in total. The van der Waals surface area contributed by atoms with E-state index in [1.54, 1.807) is 4.31 Å². The van der Waals surface area contributed by atoms with E-state index in [0.717, 1.165) is 16.7 Å². The zero-order valence-corrected chi connectivity index (χ0v) is 17.8. The highest BCUT2D eigenvalue weighted by molar-refractivity contribution is 7.89. The maximum Gasteiger partial charge on any atom is 0.215 e. The molecule has 0 spiro atoms. The molecule has 1 aliphatic rings. The van der Waals surface area contributed by atoms with Crippen LogP contribution >= 0.6 is 0 Å². The molecule has 1 N–H and O–H groups in total. The highest BCUT2D eigenvalue weighted by Gasteiger charge is 2.34. The second-order valence-electron chi connectivity index (χ2n) is 7.81. The number of nitrogens with one attached hydrogen (secondary N) is 1. The van der Waals surface area contributed by atoms with Gasteiger partial charge in [0.1, 0.15) is 0 Å². The first-order valence-electron chi connectivity index (χ1n) is 10.5. The summed E-state index contributed by atoms with van der Waals surface area (Å²) in [6, 6.07) is 30.0. The Morgan fingerprint density at radius 1 is 0.833 bits per heavy atom. The van der Waals surface area contributed by atoms with Gasteiger partial charge >= 0.3 is 0 Å². The molecule has 0 radical (unpaired) electrons. The summed E-state index contributed by atoms with van der Waals surface area (Å²) in [4.78, 5) is 0. The maximum atomic E-state index is 13.6. The van der Waals surface area contributed by atoms with Crippen LogP contribution in [0.5, 0.6) is 0 Å². The zero-order chi connectivity index (χ0) is 20.8. The molecular weight excluding hydrogens is 392 g/mol. The number of rotatable bonds is 7. The first-order valence-corrected chi connectivity index (χ1v) is 12.1. The molecule has 0 aromatic heterocycles. The summed E-state index contributed by atoms with van der Waals surface area (Å²) in [5, 5.41) is 3.37. The smallest absolute Gasteiger partial charge is 0.215 e. The Hall–Kier alpha value is -2.47. The molecule has 1 saturated heterocycles. The molecule has 0 saturated carbocycles. The highest BCUT2D eigenvalue weighted by Crippen LogP contribution is 2.28. The van der Waals surface area contributed by atoms with Crippen molar-refractivity contribution in [1.29, 1.82) is 0 Å². The molecule has 1 fully saturated rings. The highest BCUT2D eigenvalue weighted by atomic mass is 32.2. The van der Waals surface area contributed by atoms with Crippen LogP contribution < -0.4 is 5.32 Å². The van der Waals surface area contributed by atoms with E-state index in [9.17, 15) is 8.42 Å². The normalized spacial score (nSPS) is 17.8. The fraction of sp³-hybridized carbons (Fsp3) is 0.280. The summed E-state index contributed by atoms with van der Waals surface area (Å²) in [7, 11) is -3.45. The molecule has 0 amide bonds. The summed E-state index contributed by atoms with van der Waals surface area (Å²) < 4.78 is 29.0. The lowest BCUT2D eigenvalue weighted by Gasteiger charge is -2.36. The lowest BCUT2D eigenvalue weighted by Crippen LogP contribution is -2.55. The van der Waals surface area contributed by atoms with Gasteiger partial charge in [-0.15, -0.1) is 0 Å². The Morgan fingerprint density at radius 3 is 1.93 bits per heavy atom. The van der Waals surface area contributed by atoms with E-state index in [1.807, 2.05) is 78.9 Å². The fourth-order valence-electron chi connectivity index (χ4n) is 4.23. The van der Waals surface area contributed by atoms with Gasteiger partial charge in [-0.3, -0.25) is 0 Å². The Kier molecular flexibility index (Phi) is 6.62. The molecule has 1 atom stereocenters. The van der Waals surface area contributed by atoms with E-state index in [2.05, 4.69) is 17.4 Å². The Bertz CT molecular complexity index is 985. The summed E-state index contributed by atoms with van der Waals surface area (Å²) in [6.07, 6.45) is 0.717. The first-order chi connectivity index (χ1) is 14.6. The van der Waals surface area contributed by atoms with Gasteiger partial charge in [0, 0.05) is 31.6 Å². The van der Waals surface area contributed by atoms with Gasteiger partial charge in [0.2, 0.25) is 10.0 Å². The molecular formula is C25H28N2O2S. The molecule has 3 aromatic rings. The van der Waals surface area contributed by atoms with Gasteiger partial charge < -0.3 is 5.32 Å². The van der Waals surface area contributed by atoms with Crippen molar-refractivity contribution in [2.45, 2.75) is 18.4 Å². The molecule has 1 unspecified atom stereocenters. The zero-order valence-electron chi connectivity index (χ0n) is 17.0. The van der Waals surface area contributed by atoms with E-state index in [-0.39, 0.29) is 17.7 Å². The summed E-state index contributed by atoms with van der Waals surface area (Å²) in [6.45, 7) is 1.87. The van der Waals surface area contributed by atoms with Gasteiger partial charge in [-0.05, 0) is 23.1 Å². The molecule has 5 heteroatoms. The van der Waals surface area contributed by atoms with Crippen LogP contribution in [0.3, 0.4) is 0 Å². The van der Waals surface area contributed by atoms with Crippen molar-refractivity contribution in [3.05, 3.63) is 108 Å². The summed E-state index contributed by atoms with van der Waals surface area (Å²) >= 11 is 0. The van der Waals surface area contributed by atoms with Crippen LogP contribution in [0.2, 0.25) is 0 Å². The molecule has 4 rings (SSSR count). The molecule has 0 bridgehead atoms. The van der Waals surface area contributed by atoms with E-state index >= 15 is 0 Å². The van der Waals surface area contributed by atoms with Crippen molar-refractivity contribution in [1.82, 2.24) is 9.62 Å². The summed E-state index contributed by atoms with van der Waals surface area (Å²) in [5.74, 6) is -0.114. The van der Waals surface area contributed by atoms with Crippen LogP contribution in [0, 0.1) is 0 Å². The van der Waals surface area contributed by atoms with Gasteiger partial charge in [0.05, 0.1) is 5.75 Å². The Labute approximate surface area is 179 Å². The van der Waals surface area contributed by atoms with E-state index < -0.39 is 10.0 Å². The van der Waals surface area contributed by atoms with Crippen LogP contribution in [0.1, 0.15) is 22.6 Å². The molecule has 30 heavy (non-hydrogen) atoms. The largest absolute Gasteiger partial charge is 0.314 e. The van der Waals surface area contributed by atoms with Crippen LogP contribution in [0.4, 0.5) is 0 Å². The number of piperazine rings is 1. The second kappa shape index (κ2) is 9.56. The third-order valence-electron chi connectivity index (χ3n) is 5.75. The number of nitrogens with zero attached hydrogens (tertiary/aromatic N) is 1. The first kappa shape index (κ1) is 20.8. The van der Waals surface area contributed by atoms with Crippen molar-refractivity contribution in [2.75, 3.05) is 25.4 Å². The molecule has 1 aliphatic heterocycles.